The smallest absolute Gasteiger partial charge is 0.462 e. The zero-order valence-electron chi connectivity index (χ0n) is 38.2. The summed E-state index contributed by atoms with van der Waals surface area (Å²) in [5.74, 6) is -1.34. The molecule has 3 unspecified atom stereocenters. The number of rotatable bonds is 35. The van der Waals surface area contributed by atoms with Crippen LogP contribution in [0, 0.1) is 0 Å². The SMILES string of the molecule is CC/C=C\C[C@H](O)/C=C/C=C\C/C=C\C=C\[C@H](O)/C=C\CCCC(=O)O[C@H](COC(=O)CCCC/C=C\C/C=C\C/C=C\CCCCC)COP(=O)(O)OC1[C@H](O)[C@H](O)C(O)[C@H](O)[C@H]1O. The summed E-state index contributed by atoms with van der Waals surface area (Å²) >= 11 is 0. The topological polar surface area (TPSA) is 250 Å². The van der Waals surface area contributed by atoms with E-state index in [4.69, 9.17) is 18.5 Å². The quantitative estimate of drug-likeness (QED) is 0.0107. The maximum absolute atomic E-state index is 12.8. The molecule has 0 bridgehead atoms. The van der Waals surface area contributed by atoms with Crippen LogP contribution in [0.15, 0.2) is 109 Å². The van der Waals surface area contributed by atoms with Crippen LogP contribution in [0.25, 0.3) is 0 Å². The first-order valence-corrected chi connectivity index (χ1v) is 24.4. The first-order valence-electron chi connectivity index (χ1n) is 22.9. The van der Waals surface area contributed by atoms with Gasteiger partial charge in [-0.1, -0.05) is 136 Å². The van der Waals surface area contributed by atoms with E-state index in [0.29, 0.717) is 32.1 Å². The number of allylic oxidation sites excluding steroid dienone is 14. The van der Waals surface area contributed by atoms with Gasteiger partial charge in [-0.05, 0) is 77.0 Å². The maximum atomic E-state index is 12.8. The van der Waals surface area contributed by atoms with Crippen molar-refractivity contribution in [3.05, 3.63) is 109 Å². The summed E-state index contributed by atoms with van der Waals surface area (Å²) in [6.45, 7) is 2.86. The number of unbranched alkanes of at least 4 members (excludes halogenated alkanes) is 6. The summed E-state index contributed by atoms with van der Waals surface area (Å²) in [7, 11) is -5.19. The summed E-state index contributed by atoms with van der Waals surface area (Å²) in [6.07, 6.45) is 30.6. The fourth-order valence-corrected chi connectivity index (χ4v) is 7.00. The highest BCUT2D eigenvalue weighted by molar-refractivity contribution is 7.47. The predicted molar refractivity (Wildman–Crippen MR) is 251 cm³/mol. The van der Waals surface area contributed by atoms with Crippen molar-refractivity contribution < 1.29 is 73.3 Å². The van der Waals surface area contributed by atoms with Crippen molar-refractivity contribution in [3.63, 3.8) is 0 Å². The number of aliphatic hydroxyl groups excluding tert-OH is 7. The van der Waals surface area contributed by atoms with Gasteiger partial charge in [0, 0.05) is 12.8 Å². The average Bonchev–Trinajstić information content (AvgIpc) is 3.28. The molecule has 0 aromatic heterocycles. The molecular weight excluding hydrogens is 859 g/mol. The number of carbonyl (C=O) groups is 2. The van der Waals surface area contributed by atoms with Crippen molar-refractivity contribution >= 4 is 19.8 Å². The Morgan fingerprint density at radius 2 is 1.14 bits per heavy atom. The van der Waals surface area contributed by atoms with Gasteiger partial charge in [-0.2, -0.15) is 0 Å². The van der Waals surface area contributed by atoms with Gasteiger partial charge in [-0.3, -0.25) is 18.6 Å². The first kappa shape index (κ1) is 59.4. The van der Waals surface area contributed by atoms with Crippen LogP contribution in [0.3, 0.4) is 0 Å². The number of hydrogen-bond donors (Lipinski definition) is 8. The molecule has 0 spiro atoms. The monoisotopic (exact) mass is 937 g/mol. The molecule has 1 rings (SSSR count). The van der Waals surface area contributed by atoms with E-state index in [1.54, 1.807) is 42.5 Å². The maximum Gasteiger partial charge on any atom is 0.472 e. The van der Waals surface area contributed by atoms with Crippen molar-refractivity contribution in [2.75, 3.05) is 13.2 Å². The van der Waals surface area contributed by atoms with E-state index in [0.717, 1.165) is 38.5 Å². The third kappa shape index (κ3) is 30.4. The second-order valence-corrected chi connectivity index (χ2v) is 17.0. The molecule has 0 saturated heterocycles. The summed E-state index contributed by atoms with van der Waals surface area (Å²) < 4.78 is 33.3. The summed E-state index contributed by atoms with van der Waals surface area (Å²) in [5.41, 5.74) is 0. The van der Waals surface area contributed by atoms with Gasteiger partial charge < -0.3 is 50.1 Å². The van der Waals surface area contributed by atoms with E-state index < -0.39 is 87.9 Å². The van der Waals surface area contributed by atoms with Crippen LogP contribution in [-0.4, -0.2) is 121 Å². The van der Waals surface area contributed by atoms with E-state index in [1.807, 2.05) is 43.4 Å². The van der Waals surface area contributed by atoms with E-state index in [2.05, 4.69) is 37.3 Å². The lowest BCUT2D eigenvalue weighted by Gasteiger charge is -2.41. The predicted octanol–water partition coefficient (Wildman–Crippen LogP) is 6.77. The zero-order valence-corrected chi connectivity index (χ0v) is 39.1. The largest absolute Gasteiger partial charge is 0.472 e. The highest BCUT2D eigenvalue weighted by atomic mass is 31.2. The molecule has 0 aliphatic heterocycles. The van der Waals surface area contributed by atoms with E-state index in [9.17, 15) is 54.8 Å². The second kappa shape index (κ2) is 37.5. The Morgan fingerprint density at radius 1 is 0.585 bits per heavy atom. The second-order valence-electron chi connectivity index (χ2n) is 15.6. The number of aliphatic hydroxyl groups is 7. The Hall–Kier alpha value is -3.57. The van der Waals surface area contributed by atoms with Gasteiger partial charge in [0.15, 0.2) is 6.10 Å². The third-order valence-corrected chi connectivity index (χ3v) is 10.8. The molecule has 368 valence electrons. The molecule has 10 atom stereocenters. The fraction of sp³-hybridized carbons (Fsp3) is 0.592. The minimum absolute atomic E-state index is 0.0679. The standard InChI is InChI=1S/C49H77O15P/c1-3-5-7-8-9-10-11-12-13-14-15-16-20-23-29-35-42(52)61-37-41(38-62-65(59,60)64-49-47(57)45(55)44(54)46(56)48(49)58)63-43(53)36-30-24-28-34-40(51)33-27-22-19-17-18-21-26-32-39(50)31-25-6-4-2/h6,9-10,12-13,15-16,18-19,21-22,25-28,32-34,39-41,44-51,54-58H,3-5,7-8,11,14,17,20,23-24,29-31,35-38H2,1-2H3,(H,59,60)/b10-9-,13-12-,16-15-,21-18-,22-19-,25-6-,32-26+,33-27+,34-28-/t39-,40-,41+,44?,45-,46+,47+,48+,49?/m0/s1. The summed E-state index contributed by atoms with van der Waals surface area (Å²) in [4.78, 5) is 35.7. The normalized spacial score (nSPS) is 23.4. The Balaban J connectivity index is 2.62. The third-order valence-electron chi connectivity index (χ3n) is 9.77. The van der Waals surface area contributed by atoms with Crippen LogP contribution in [0.5, 0.6) is 0 Å². The fourth-order valence-electron chi connectivity index (χ4n) is 6.03. The molecule has 65 heavy (non-hydrogen) atoms. The zero-order chi connectivity index (χ0) is 48.1. The number of carbonyl (C=O) groups excluding carboxylic acids is 2. The highest BCUT2D eigenvalue weighted by Crippen LogP contribution is 2.47. The van der Waals surface area contributed by atoms with Crippen molar-refractivity contribution in [2.24, 2.45) is 0 Å². The van der Waals surface area contributed by atoms with Crippen LogP contribution in [0.4, 0.5) is 0 Å². The Morgan fingerprint density at radius 3 is 1.77 bits per heavy atom. The Kier molecular flexibility index (Phi) is 34.3. The lowest BCUT2D eigenvalue weighted by Crippen LogP contribution is -2.64. The molecule has 1 fully saturated rings. The molecule has 8 N–H and O–H groups in total. The van der Waals surface area contributed by atoms with Crippen molar-refractivity contribution in [2.45, 2.75) is 172 Å². The minimum Gasteiger partial charge on any atom is -0.462 e. The van der Waals surface area contributed by atoms with Crippen LogP contribution < -0.4 is 0 Å². The summed E-state index contributed by atoms with van der Waals surface area (Å²) in [5, 5.41) is 70.2. The molecule has 0 aromatic rings. The van der Waals surface area contributed by atoms with E-state index in [1.165, 1.54) is 19.3 Å². The number of phosphoric acid groups is 1. The molecule has 0 aromatic carbocycles. The van der Waals surface area contributed by atoms with Crippen molar-refractivity contribution in [1.29, 1.82) is 0 Å². The van der Waals surface area contributed by atoms with Gasteiger partial charge in [0.05, 0.1) is 18.8 Å². The molecular formula is C49H77O15P. The average molecular weight is 937 g/mol. The number of hydrogen-bond acceptors (Lipinski definition) is 14. The number of phosphoric ester groups is 1. The molecule has 16 heteroatoms. The van der Waals surface area contributed by atoms with Gasteiger partial charge >= 0.3 is 19.8 Å². The molecule has 0 radical (unpaired) electrons. The van der Waals surface area contributed by atoms with Crippen molar-refractivity contribution in [1.82, 2.24) is 0 Å². The van der Waals surface area contributed by atoms with E-state index >= 15 is 0 Å². The molecule has 1 aliphatic carbocycles. The van der Waals surface area contributed by atoms with Gasteiger partial charge in [0.1, 0.15) is 43.2 Å². The molecule has 0 heterocycles. The van der Waals surface area contributed by atoms with Gasteiger partial charge in [-0.25, -0.2) is 4.57 Å². The van der Waals surface area contributed by atoms with Gasteiger partial charge in [0.25, 0.3) is 0 Å². The Bertz CT molecular complexity index is 1580. The van der Waals surface area contributed by atoms with Crippen molar-refractivity contribution in [3.8, 4) is 0 Å². The summed E-state index contributed by atoms with van der Waals surface area (Å²) in [6, 6.07) is 0. The highest BCUT2D eigenvalue weighted by Gasteiger charge is 2.51. The molecule has 0 amide bonds. The van der Waals surface area contributed by atoms with Crippen LogP contribution in [-0.2, 0) is 32.7 Å². The number of ether oxygens (including phenoxy) is 2. The minimum atomic E-state index is -5.19. The lowest BCUT2D eigenvalue weighted by atomic mass is 9.85. The first-order chi connectivity index (χ1) is 31.2. The van der Waals surface area contributed by atoms with Crippen LogP contribution in [0.2, 0.25) is 0 Å². The lowest BCUT2D eigenvalue weighted by molar-refractivity contribution is -0.220. The molecule has 15 nitrogen and oxygen atoms in total. The van der Waals surface area contributed by atoms with E-state index in [-0.39, 0.29) is 12.8 Å². The molecule has 1 aliphatic rings. The van der Waals surface area contributed by atoms with Crippen LogP contribution in [0.1, 0.15) is 117 Å². The molecule has 1 saturated carbocycles. The van der Waals surface area contributed by atoms with Gasteiger partial charge in [0.2, 0.25) is 0 Å². The van der Waals surface area contributed by atoms with Crippen LogP contribution >= 0.6 is 7.82 Å². The number of esters is 2. The van der Waals surface area contributed by atoms with Gasteiger partial charge in [-0.15, -0.1) is 0 Å². The Labute approximate surface area is 386 Å².